The van der Waals surface area contributed by atoms with Gasteiger partial charge in [-0.2, -0.15) is 24.9 Å². The Balaban J connectivity index is 1.75. The van der Waals surface area contributed by atoms with Crippen LogP contribution in [0.5, 0.6) is 5.88 Å². The Labute approximate surface area is 129 Å². The number of aromatic nitrogens is 2. The predicted octanol–water partition coefficient (Wildman–Crippen LogP) is 2.51. The fourth-order valence-electron chi connectivity index (χ4n) is 2.50. The first-order chi connectivity index (χ1) is 10.2. The summed E-state index contributed by atoms with van der Waals surface area (Å²) in [6, 6.07) is 0. The van der Waals surface area contributed by atoms with Crippen molar-refractivity contribution in [2.45, 2.75) is 44.1 Å². The van der Waals surface area contributed by atoms with Gasteiger partial charge in [0.1, 0.15) is 12.2 Å². The lowest BCUT2D eigenvalue weighted by atomic mass is 10.1. The van der Waals surface area contributed by atoms with Gasteiger partial charge in [0.2, 0.25) is 5.88 Å². The van der Waals surface area contributed by atoms with Gasteiger partial charge in [0.25, 0.3) is 0 Å². The van der Waals surface area contributed by atoms with Gasteiger partial charge < -0.3 is 14.2 Å². The van der Waals surface area contributed by atoms with Crippen LogP contribution in [0.25, 0.3) is 0 Å². The molecule has 2 saturated heterocycles. The van der Waals surface area contributed by atoms with Gasteiger partial charge in [-0.25, -0.2) is 4.98 Å². The molecule has 2 fully saturated rings. The fourth-order valence-corrected chi connectivity index (χ4v) is 3.62. The van der Waals surface area contributed by atoms with Crippen molar-refractivity contribution in [2.75, 3.05) is 11.5 Å². The first kappa shape index (κ1) is 15.8. The van der Waals surface area contributed by atoms with Crippen molar-refractivity contribution >= 4 is 11.8 Å². The molecular formula is C13H15F3N2O3S. The van der Waals surface area contributed by atoms with Crippen molar-refractivity contribution in [3.63, 3.8) is 0 Å². The van der Waals surface area contributed by atoms with E-state index in [2.05, 4.69) is 9.97 Å². The van der Waals surface area contributed by atoms with Crippen LogP contribution >= 0.6 is 11.8 Å². The van der Waals surface area contributed by atoms with E-state index in [1.54, 1.807) is 25.6 Å². The van der Waals surface area contributed by atoms with Crippen LogP contribution in [0.2, 0.25) is 0 Å². The Kier molecular flexibility index (Phi) is 3.98. The molecule has 2 aliphatic heterocycles. The fraction of sp³-hybridized carbons (Fsp3) is 0.692. The number of hydrogen-bond acceptors (Lipinski definition) is 6. The highest BCUT2D eigenvalue weighted by Gasteiger charge is 2.48. The van der Waals surface area contributed by atoms with Crippen LogP contribution in [0.3, 0.4) is 0 Å². The van der Waals surface area contributed by atoms with E-state index in [4.69, 9.17) is 14.2 Å². The van der Waals surface area contributed by atoms with E-state index in [-0.39, 0.29) is 18.1 Å². The number of alkyl halides is 3. The van der Waals surface area contributed by atoms with Gasteiger partial charge in [-0.1, -0.05) is 0 Å². The summed E-state index contributed by atoms with van der Waals surface area (Å²) >= 11 is 1.61. The molecule has 0 saturated carbocycles. The summed E-state index contributed by atoms with van der Waals surface area (Å²) in [6.07, 6.45) is -3.60. The average Bonchev–Trinajstić information content (AvgIpc) is 2.73. The molecule has 3 atom stereocenters. The summed E-state index contributed by atoms with van der Waals surface area (Å²) in [5.74, 6) is 0.483. The minimum absolute atomic E-state index is 0.141. The molecule has 0 spiro atoms. The summed E-state index contributed by atoms with van der Waals surface area (Å²) < 4.78 is 55.1. The van der Waals surface area contributed by atoms with E-state index < -0.39 is 23.8 Å². The largest absolute Gasteiger partial charge is 0.469 e. The summed E-state index contributed by atoms with van der Waals surface area (Å²) in [5, 5.41) is 0. The van der Waals surface area contributed by atoms with E-state index in [1.165, 1.54) is 6.20 Å². The summed E-state index contributed by atoms with van der Waals surface area (Å²) in [5.41, 5.74) is -1.08. The Hall–Kier alpha value is -1.06. The van der Waals surface area contributed by atoms with Gasteiger partial charge in [-0.05, 0) is 13.8 Å². The maximum absolute atomic E-state index is 12.7. The zero-order chi connectivity index (χ0) is 16.0. The highest BCUT2D eigenvalue weighted by molar-refractivity contribution is 7.99. The van der Waals surface area contributed by atoms with Crippen LogP contribution in [0, 0.1) is 0 Å². The van der Waals surface area contributed by atoms with Crippen LogP contribution in [-0.2, 0) is 15.7 Å². The van der Waals surface area contributed by atoms with Crippen LogP contribution in [0.1, 0.15) is 19.5 Å². The molecule has 3 heterocycles. The molecule has 0 aliphatic carbocycles. The second kappa shape index (κ2) is 5.54. The third kappa shape index (κ3) is 3.31. The molecule has 122 valence electrons. The van der Waals surface area contributed by atoms with Gasteiger partial charge in [0.05, 0.1) is 18.5 Å². The number of fused-ring (bicyclic) bond motifs is 1. The van der Waals surface area contributed by atoms with E-state index in [0.29, 0.717) is 11.9 Å². The molecular weight excluding hydrogens is 321 g/mol. The van der Waals surface area contributed by atoms with Crippen molar-refractivity contribution < 1.29 is 27.4 Å². The molecule has 0 bridgehead atoms. The molecule has 5 nitrogen and oxygen atoms in total. The number of hydrogen-bond donors (Lipinski definition) is 0. The third-order valence-corrected chi connectivity index (χ3v) is 4.46. The summed E-state index contributed by atoms with van der Waals surface area (Å²) in [6.45, 7) is 3.61. The SMILES string of the molecule is CC1(C)O[C@@H]2[C@@H](Oc3cncc(C(F)(F)F)n3)CSC[C@@H]2O1. The zero-order valence-electron chi connectivity index (χ0n) is 12.0. The Morgan fingerprint density at radius 2 is 2.05 bits per heavy atom. The highest BCUT2D eigenvalue weighted by Crippen LogP contribution is 2.37. The second-order valence-corrected chi connectivity index (χ2v) is 6.65. The maximum Gasteiger partial charge on any atom is 0.435 e. The molecule has 2 aliphatic rings. The van der Waals surface area contributed by atoms with E-state index in [9.17, 15) is 13.2 Å². The topological polar surface area (TPSA) is 53.5 Å². The van der Waals surface area contributed by atoms with Gasteiger partial charge in [-0.15, -0.1) is 0 Å². The van der Waals surface area contributed by atoms with E-state index in [1.807, 2.05) is 0 Å². The zero-order valence-corrected chi connectivity index (χ0v) is 12.8. The van der Waals surface area contributed by atoms with Gasteiger partial charge >= 0.3 is 6.18 Å². The van der Waals surface area contributed by atoms with Gasteiger partial charge in [-0.3, -0.25) is 4.98 Å². The minimum Gasteiger partial charge on any atom is -0.469 e. The molecule has 0 aromatic carbocycles. The molecule has 0 amide bonds. The first-order valence-electron chi connectivity index (χ1n) is 6.74. The second-order valence-electron chi connectivity index (χ2n) is 5.57. The van der Waals surface area contributed by atoms with E-state index >= 15 is 0 Å². The quantitative estimate of drug-likeness (QED) is 0.827. The molecule has 22 heavy (non-hydrogen) atoms. The van der Waals surface area contributed by atoms with Crippen molar-refractivity contribution in [1.82, 2.24) is 9.97 Å². The number of halogens is 3. The van der Waals surface area contributed by atoms with Crippen LogP contribution in [0.15, 0.2) is 12.4 Å². The number of rotatable bonds is 2. The predicted molar refractivity (Wildman–Crippen MR) is 72.6 cm³/mol. The van der Waals surface area contributed by atoms with Gasteiger partial charge in [0, 0.05) is 11.5 Å². The number of ether oxygens (including phenoxy) is 3. The highest BCUT2D eigenvalue weighted by atomic mass is 32.2. The lowest BCUT2D eigenvalue weighted by molar-refractivity contribution is -0.151. The monoisotopic (exact) mass is 336 g/mol. The molecule has 0 N–H and O–H groups in total. The van der Waals surface area contributed by atoms with Gasteiger partial charge in [0.15, 0.2) is 11.5 Å². The molecule has 0 radical (unpaired) electrons. The minimum atomic E-state index is -4.55. The Bertz CT molecular complexity index is 556. The molecule has 1 aromatic heterocycles. The normalized spacial score (nSPS) is 30.9. The third-order valence-electron chi connectivity index (χ3n) is 3.33. The molecule has 1 aromatic rings. The Morgan fingerprint density at radius 3 is 2.77 bits per heavy atom. The molecule has 0 unspecified atom stereocenters. The Morgan fingerprint density at radius 1 is 1.27 bits per heavy atom. The first-order valence-corrected chi connectivity index (χ1v) is 7.89. The van der Waals surface area contributed by atoms with Crippen LogP contribution in [-0.4, -0.2) is 45.6 Å². The average molecular weight is 336 g/mol. The van der Waals surface area contributed by atoms with E-state index in [0.717, 1.165) is 5.75 Å². The molecule has 3 rings (SSSR count). The van der Waals surface area contributed by atoms with Crippen LogP contribution in [0.4, 0.5) is 13.2 Å². The standard InChI is InChI=1S/C13H15F3N2O3S/c1-12(2)20-8-6-22-5-7(11(8)21-12)19-10-4-17-3-9(18-10)13(14,15)16/h3-4,7-8,11H,5-6H2,1-2H3/t7-,8-,11+/m0/s1. The molecule has 9 heteroatoms. The summed E-state index contributed by atoms with van der Waals surface area (Å²) in [7, 11) is 0. The van der Waals surface area contributed by atoms with Crippen LogP contribution < -0.4 is 4.74 Å². The van der Waals surface area contributed by atoms with Crippen molar-refractivity contribution in [3.8, 4) is 5.88 Å². The summed E-state index contributed by atoms with van der Waals surface area (Å²) in [4.78, 5) is 7.02. The number of thioether (sulfide) groups is 1. The maximum atomic E-state index is 12.7. The van der Waals surface area contributed by atoms with Crippen molar-refractivity contribution in [3.05, 3.63) is 18.1 Å². The van der Waals surface area contributed by atoms with Crippen molar-refractivity contribution in [2.24, 2.45) is 0 Å². The smallest absolute Gasteiger partial charge is 0.435 e. The van der Waals surface area contributed by atoms with Crippen molar-refractivity contribution in [1.29, 1.82) is 0 Å². The lowest BCUT2D eigenvalue weighted by Gasteiger charge is -2.30. The lowest BCUT2D eigenvalue weighted by Crippen LogP contribution is -2.45. The number of nitrogens with zero attached hydrogens (tertiary/aromatic N) is 2.